The van der Waals surface area contributed by atoms with Crippen molar-refractivity contribution < 1.29 is 31.8 Å². The first-order valence-corrected chi connectivity index (χ1v) is 11.7. The number of nitrogens with one attached hydrogen (secondary N) is 3. The number of carbonyl (C=O) groups excluding carboxylic acids is 1. The van der Waals surface area contributed by atoms with Gasteiger partial charge in [-0.2, -0.15) is 23.3 Å². The lowest BCUT2D eigenvalue weighted by atomic mass is 10.1. The van der Waals surface area contributed by atoms with Crippen LogP contribution in [0.2, 0.25) is 0 Å². The predicted octanol–water partition coefficient (Wildman–Crippen LogP) is 4.32. The molecule has 1 aliphatic rings. The lowest BCUT2D eigenvalue weighted by molar-refractivity contribution is -0.140. The molecule has 5 rings (SSSR count). The number of alkyl halides is 3. The van der Waals surface area contributed by atoms with Crippen LogP contribution in [0, 0.1) is 5.82 Å². The fourth-order valence-electron chi connectivity index (χ4n) is 4.16. The van der Waals surface area contributed by atoms with Crippen LogP contribution in [0.1, 0.15) is 27.0 Å². The Kier molecular flexibility index (Phi) is 6.97. The minimum Gasteiger partial charge on any atom is -0.494 e. The van der Waals surface area contributed by atoms with Crippen molar-refractivity contribution in [3.05, 3.63) is 64.9 Å². The van der Waals surface area contributed by atoms with Crippen LogP contribution in [-0.4, -0.2) is 44.8 Å². The van der Waals surface area contributed by atoms with Crippen molar-refractivity contribution in [2.75, 3.05) is 24.8 Å². The minimum atomic E-state index is -4.96. The van der Waals surface area contributed by atoms with Gasteiger partial charge in [0.1, 0.15) is 23.5 Å². The summed E-state index contributed by atoms with van der Waals surface area (Å²) in [6, 6.07) is 5.13. The van der Waals surface area contributed by atoms with Gasteiger partial charge in [0, 0.05) is 31.5 Å². The Hall–Kier alpha value is -4.79. The molecule has 4 aromatic rings. The highest BCUT2D eigenvalue weighted by Crippen LogP contribution is 2.40. The van der Waals surface area contributed by atoms with E-state index in [1.807, 2.05) is 0 Å². The number of methoxy groups -OCH3 is 1. The van der Waals surface area contributed by atoms with Crippen molar-refractivity contribution >= 4 is 29.0 Å². The first kappa shape index (κ1) is 26.8. The summed E-state index contributed by atoms with van der Waals surface area (Å²) >= 11 is 0. The zero-order valence-corrected chi connectivity index (χ0v) is 21.4. The second kappa shape index (κ2) is 10.4. The Balaban J connectivity index is 1.71. The lowest BCUT2D eigenvalue weighted by Crippen LogP contribution is -2.20. The van der Waals surface area contributed by atoms with Gasteiger partial charge >= 0.3 is 6.18 Å². The molecule has 208 valence electrons. The van der Waals surface area contributed by atoms with E-state index in [0.717, 1.165) is 0 Å². The van der Waals surface area contributed by atoms with Crippen LogP contribution in [0.3, 0.4) is 0 Å². The molecule has 2 aromatic heterocycles. The van der Waals surface area contributed by atoms with E-state index in [4.69, 9.17) is 9.47 Å². The van der Waals surface area contributed by atoms with Gasteiger partial charge < -0.3 is 25.4 Å². The molecule has 0 fully saturated rings. The molecule has 1 amide bonds. The van der Waals surface area contributed by atoms with Gasteiger partial charge in [0.15, 0.2) is 11.6 Å². The molecule has 15 heteroatoms. The molecule has 0 aliphatic carbocycles. The Morgan fingerprint density at radius 3 is 2.62 bits per heavy atom. The standard InChI is InChI=1S/C25H22F4N8O3/c1-30-23(38)16-8-31-24-33-14-6-13(19(26)17(7-14)25(27,28)29)10-40-9-12-4-15(21-32-11-37(2)36-21)20(39-3)18(5-12)34-22(16)35-24/h4-8,11H,9-10H2,1-3H3,(H,30,38)(H2,31,33,34,35). The number of hydrogen-bond acceptors (Lipinski definition) is 9. The number of benzene rings is 2. The van der Waals surface area contributed by atoms with E-state index in [9.17, 15) is 22.4 Å². The number of fused-ring (bicyclic) bond motifs is 6. The van der Waals surface area contributed by atoms with Gasteiger partial charge in [-0.3, -0.25) is 9.48 Å². The zero-order chi connectivity index (χ0) is 28.6. The Bertz CT molecular complexity index is 1610. The van der Waals surface area contributed by atoms with E-state index in [1.165, 1.54) is 37.4 Å². The third-order valence-electron chi connectivity index (χ3n) is 5.94. The number of halogens is 4. The van der Waals surface area contributed by atoms with Gasteiger partial charge in [0.25, 0.3) is 5.91 Å². The lowest BCUT2D eigenvalue weighted by Gasteiger charge is -2.19. The van der Waals surface area contributed by atoms with E-state index in [2.05, 4.69) is 36.0 Å². The maximum Gasteiger partial charge on any atom is 0.419 e. The molecule has 3 heterocycles. The highest BCUT2D eigenvalue weighted by molar-refractivity contribution is 5.99. The highest BCUT2D eigenvalue weighted by Gasteiger charge is 2.36. The van der Waals surface area contributed by atoms with Crippen molar-refractivity contribution in [3.8, 4) is 17.1 Å². The molecule has 0 saturated carbocycles. The molecule has 0 spiro atoms. The fourth-order valence-corrected chi connectivity index (χ4v) is 4.16. The number of rotatable bonds is 3. The molecule has 3 N–H and O–H groups in total. The first-order chi connectivity index (χ1) is 19.1. The van der Waals surface area contributed by atoms with E-state index >= 15 is 0 Å². The quantitative estimate of drug-likeness (QED) is 0.315. The summed E-state index contributed by atoms with van der Waals surface area (Å²) in [5.74, 6) is -1.47. The van der Waals surface area contributed by atoms with Gasteiger partial charge in [-0.05, 0) is 29.8 Å². The number of aromatic nitrogens is 5. The van der Waals surface area contributed by atoms with Gasteiger partial charge in [0.05, 0.1) is 37.1 Å². The number of aryl methyl sites for hydroxylation is 1. The van der Waals surface area contributed by atoms with Crippen LogP contribution in [0.15, 0.2) is 36.8 Å². The number of amides is 1. The molecular formula is C25H22F4N8O3. The maximum atomic E-state index is 14.9. The summed E-state index contributed by atoms with van der Waals surface area (Å²) in [4.78, 5) is 25.3. The summed E-state index contributed by atoms with van der Waals surface area (Å²) in [6.45, 7) is -0.577. The average Bonchev–Trinajstić information content (AvgIpc) is 3.34. The number of nitrogens with zero attached hydrogens (tertiary/aromatic N) is 5. The van der Waals surface area contributed by atoms with Gasteiger partial charge in [-0.15, -0.1) is 0 Å². The number of hydrogen-bond donors (Lipinski definition) is 3. The van der Waals surface area contributed by atoms with Crippen molar-refractivity contribution in [1.82, 2.24) is 30.0 Å². The maximum absolute atomic E-state index is 14.9. The van der Waals surface area contributed by atoms with Crippen molar-refractivity contribution in [2.24, 2.45) is 7.05 Å². The smallest absolute Gasteiger partial charge is 0.419 e. The highest BCUT2D eigenvalue weighted by atomic mass is 19.4. The Morgan fingerprint density at radius 1 is 1.15 bits per heavy atom. The van der Waals surface area contributed by atoms with E-state index < -0.39 is 30.1 Å². The predicted molar refractivity (Wildman–Crippen MR) is 135 cm³/mol. The van der Waals surface area contributed by atoms with Crippen LogP contribution in [0.4, 0.5) is 40.7 Å². The second-order valence-corrected chi connectivity index (χ2v) is 8.74. The molecule has 0 atom stereocenters. The largest absolute Gasteiger partial charge is 0.494 e. The fraction of sp³-hybridized carbons (Fsp3) is 0.240. The summed E-state index contributed by atoms with van der Waals surface area (Å²) in [5, 5.41) is 12.6. The summed E-state index contributed by atoms with van der Waals surface area (Å²) in [7, 11) is 4.56. The molecular weight excluding hydrogens is 536 g/mol. The normalized spacial score (nSPS) is 13.1. The SMILES string of the molecule is CNC(=O)c1cnc2nc1Nc1cc(cc(-c3ncn(C)n3)c1OC)COCc1cc(cc(C(F)(F)F)c1F)N2. The molecule has 2 aromatic carbocycles. The van der Waals surface area contributed by atoms with Crippen molar-refractivity contribution in [2.45, 2.75) is 19.4 Å². The monoisotopic (exact) mass is 558 g/mol. The summed E-state index contributed by atoms with van der Waals surface area (Å²) in [5.41, 5.74) is -0.528. The third kappa shape index (κ3) is 5.22. The van der Waals surface area contributed by atoms with Crippen LogP contribution in [-0.2, 0) is 31.2 Å². The van der Waals surface area contributed by atoms with Crippen LogP contribution in [0.25, 0.3) is 11.4 Å². The van der Waals surface area contributed by atoms with E-state index in [-0.39, 0.29) is 35.2 Å². The van der Waals surface area contributed by atoms with Gasteiger partial charge in [-0.25, -0.2) is 14.4 Å². The number of carbonyl (C=O) groups is 1. The minimum absolute atomic E-state index is 0.0172. The first-order valence-electron chi connectivity index (χ1n) is 11.7. The van der Waals surface area contributed by atoms with Gasteiger partial charge in [0.2, 0.25) is 5.95 Å². The van der Waals surface area contributed by atoms with E-state index in [1.54, 1.807) is 19.2 Å². The zero-order valence-electron chi connectivity index (χ0n) is 21.4. The average molecular weight is 558 g/mol. The van der Waals surface area contributed by atoms with Crippen LogP contribution < -0.4 is 20.7 Å². The molecule has 1 aliphatic heterocycles. The molecule has 0 saturated heterocycles. The van der Waals surface area contributed by atoms with E-state index in [0.29, 0.717) is 34.5 Å². The molecule has 0 radical (unpaired) electrons. The topological polar surface area (TPSA) is 128 Å². The molecule has 11 nitrogen and oxygen atoms in total. The Labute approximate surface area is 224 Å². The molecule has 40 heavy (non-hydrogen) atoms. The molecule has 0 unspecified atom stereocenters. The summed E-state index contributed by atoms with van der Waals surface area (Å²) in [6.07, 6.45) is -2.26. The summed E-state index contributed by atoms with van der Waals surface area (Å²) < 4.78 is 68.7. The van der Waals surface area contributed by atoms with Gasteiger partial charge in [-0.1, -0.05) is 0 Å². The Morgan fingerprint density at radius 2 is 1.95 bits per heavy atom. The van der Waals surface area contributed by atoms with Crippen molar-refractivity contribution in [3.63, 3.8) is 0 Å². The number of ether oxygens (including phenoxy) is 2. The molecule has 6 bridgehead atoms. The van der Waals surface area contributed by atoms with Crippen molar-refractivity contribution in [1.29, 1.82) is 0 Å². The third-order valence-corrected chi connectivity index (χ3v) is 5.94. The number of anilines is 4. The van der Waals surface area contributed by atoms with Crippen LogP contribution >= 0.6 is 0 Å². The van der Waals surface area contributed by atoms with Crippen LogP contribution in [0.5, 0.6) is 5.75 Å². The second-order valence-electron chi connectivity index (χ2n) is 8.74.